The fourth-order valence-electron chi connectivity index (χ4n) is 3.28. The number of amides is 1. The molecule has 2 N–H and O–H groups in total. The first-order chi connectivity index (χ1) is 12.1. The summed E-state index contributed by atoms with van der Waals surface area (Å²) in [6.07, 6.45) is 4.96. The van der Waals surface area contributed by atoms with Crippen LogP contribution in [0.25, 0.3) is 5.57 Å². The number of nitrogens with one attached hydrogen (secondary N) is 1. The molecule has 1 aliphatic carbocycles. The summed E-state index contributed by atoms with van der Waals surface area (Å²) in [7, 11) is 0. The molecular formula is C20H20N2O3. The monoisotopic (exact) mass is 336 g/mol. The summed E-state index contributed by atoms with van der Waals surface area (Å²) in [6, 6.07) is 10.3. The fourth-order valence-corrected chi connectivity index (χ4v) is 3.28. The molecule has 128 valence electrons. The Hall–Kier alpha value is -2.82. The zero-order valence-electron chi connectivity index (χ0n) is 13.9. The van der Waals surface area contributed by atoms with Gasteiger partial charge in [-0.15, -0.1) is 0 Å². The molecule has 1 aromatic carbocycles. The molecule has 1 amide bonds. The van der Waals surface area contributed by atoms with Crippen molar-refractivity contribution >= 4 is 11.5 Å². The quantitative estimate of drug-likeness (QED) is 0.905. The Morgan fingerprint density at radius 3 is 2.56 bits per heavy atom. The summed E-state index contributed by atoms with van der Waals surface area (Å²) in [5.74, 6) is 0.564. The van der Waals surface area contributed by atoms with Gasteiger partial charge in [-0.25, -0.2) is 0 Å². The van der Waals surface area contributed by atoms with E-state index in [1.54, 1.807) is 17.0 Å². The molecule has 0 atom stereocenters. The van der Waals surface area contributed by atoms with Gasteiger partial charge < -0.3 is 15.0 Å². The number of hydrogen-bond acceptors (Lipinski definition) is 3. The highest BCUT2D eigenvalue weighted by Crippen LogP contribution is 2.38. The second kappa shape index (κ2) is 6.24. The molecule has 5 heteroatoms. The molecule has 25 heavy (non-hydrogen) atoms. The third-order valence-electron chi connectivity index (χ3n) is 4.86. The van der Waals surface area contributed by atoms with E-state index in [4.69, 9.17) is 0 Å². The highest BCUT2D eigenvalue weighted by Gasteiger charge is 2.26. The molecular weight excluding hydrogens is 316 g/mol. The smallest absolute Gasteiger partial charge is 0.254 e. The standard InChI is InChI=1S/C20H20N2O3/c23-17-5-3-13(4-6-17)14-7-9-22(10-8-14)20(25)16-11-18(15-1-2-15)21-19(24)12-16/h3-7,11-12,15,23H,1-2,8-10H2,(H,21,24). The van der Waals surface area contributed by atoms with E-state index in [2.05, 4.69) is 4.98 Å². The molecule has 2 aliphatic rings. The van der Waals surface area contributed by atoms with Crippen molar-refractivity contribution in [3.63, 3.8) is 0 Å². The van der Waals surface area contributed by atoms with Gasteiger partial charge >= 0.3 is 0 Å². The number of aromatic nitrogens is 1. The van der Waals surface area contributed by atoms with E-state index in [0.29, 0.717) is 24.6 Å². The largest absolute Gasteiger partial charge is 0.508 e. The van der Waals surface area contributed by atoms with Gasteiger partial charge in [-0.2, -0.15) is 0 Å². The van der Waals surface area contributed by atoms with Crippen LogP contribution in [0.15, 0.2) is 47.3 Å². The van der Waals surface area contributed by atoms with E-state index >= 15 is 0 Å². The summed E-state index contributed by atoms with van der Waals surface area (Å²) in [5.41, 5.74) is 3.40. The predicted molar refractivity (Wildman–Crippen MR) is 95.6 cm³/mol. The van der Waals surface area contributed by atoms with Crippen LogP contribution in [0, 0.1) is 0 Å². The van der Waals surface area contributed by atoms with Crippen molar-refractivity contribution in [1.82, 2.24) is 9.88 Å². The minimum atomic E-state index is -0.204. The average Bonchev–Trinajstić information content (AvgIpc) is 3.47. The van der Waals surface area contributed by atoms with Crippen LogP contribution in [0.3, 0.4) is 0 Å². The predicted octanol–water partition coefficient (Wildman–Crippen LogP) is 2.89. The lowest BCUT2D eigenvalue weighted by Crippen LogP contribution is -2.35. The van der Waals surface area contributed by atoms with Crippen LogP contribution in [-0.4, -0.2) is 34.0 Å². The van der Waals surface area contributed by atoms with Gasteiger partial charge in [0.1, 0.15) is 5.75 Å². The normalized spacial score (nSPS) is 17.3. The van der Waals surface area contributed by atoms with Crippen molar-refractivity contribution in [3.8, 4) is 5.75 Å². The molecule has 0 bridgehead atoms. The fraction of sp³-hybridized carbons (Fsp3) is 0.300. The number of benzene rings is 1. The lowest BCUT2D eigenvalue weighted by atomic mass is 9.99. The van der Waals surface area contributed by atoms with Crippen molar-refractivity contribution in [2.45, 2.75) is 25.2 Å². The molecule has 2 heterocycles. The molecule has 1 fully saturated rings. The zero-order valence-corrected chi connectivity index (χ0v) is 13.9. The minimum Gasteiger partial charge on any atom is -0.508 e. The summed E-state index contributed by atoms with van der Waals surface area (Å²) in [4.78, 5) is 29.2. The number of aromatic hydroxyl groups is 1. The van der Waals surface area contributed by atoms with E-state index < -0.39 is 0 Å². The van der Waals surface area contributed by atoms with Gasteiger partial charge in [0, 0.05) is 30.4 Å². The number of hydrogen-bond donors (Lipinski definition) is 2. The molecule has 0 unspecified atom stereocenters. The second-order valence-electron chi connectivity index (χ2n) is 6.74. The first-order valence-electron chi connectivity index (χ1n) is 8.62. The molecule has 5 nitrogen and oxygen atoms in total. The Labute approximate surface area is 145 Å². The van der Waals surface area contributed by atoms with Crippen LogP contribution in [0.1, 0.15) is 46.8 Å². The van der Waals surface area contributed by atoms with Gasteiger partial charge in [-0.3, -0.25) is 9.59 Å². The number of phenolic OH excluding ortho intramolecular Hbond substituents is 1. The van der Waals surface area contributed by atoms with Crippen LogP contribution in [0.5, 0.6) is 5.75 Å². The number of carbonyl (C=O) groups excluding carboxylic acids is 1. The van der Waals surface area contributed by atoms with Crippen LogP contribution in [-0.2, 0) is 0 Å². The Bertz CT molecular complexity index is 892. The zero-order chi connectivity index (χ0) is 17.4. The summed E-state index contributed by atoms with van der Waals surface area (Å²) < 4.78 is 0. The Morgan fingerprint density at radius 1 is 1.16 bits per heavy atom. The van der Waals surface area contributed by atoms with Crippen molar-refractivity contribution < 1.29 is 9.90 Å². The number of H-pyrrole nitrogens is 1. The second-order valence-corrected chi connectivity index (χ2v) is 6.74. The van der Waals surface area contributed by atoms with Crippen molar-refractivity contribution in [2.24, 2.45) is 0 Å². The molecule has 1 saturated carbocycles. The number of pyridine rings is 1. The number of phenols is 1. The number of nitrogens with zero attached hydrogens (tertiary/aromatic N) is 1. The molecule has 0 radical (unpaired) electrons. The lowest BCUT2D eigenvalue weighted by molar-refractivity contribution is 0.0772. The topological polar surface area (TPSA) is 73.4 Å². The van der Waals surface area contributed by atoms with E-state index in [1.165, 1.54) is 11.6 Å². The lowest BCUT2D eigenvalue weighted by Gasteiger charge is -2.27. The highest BCUT2D eigenvalue weighted by atomic mass is 16.3. The summed E-state index contributed by atoms with van der Waals surface area (Å²) in [6.45, 7) is 1.15. The maximum Gasteiger partial charge on any atom is 0.254 e. The molecule has 0 saturated heterocycles. The number of carbonyl (C=O) groups is 1. The molecule has 4 rings (SSSR count). The van der Waals surface area contributed by atoms with Gasteiger partial charge in [0.15, 0.2) is 0 Å². The maximum atomic E-state index is 12.7. The third-order valence-corrected chi connectivity index (χ3v) is 4.86. The number of rotatable bonds is 3. The van der Waals surface area contributed by atoms with Gasteiger partial charge in [-0.05, 0) is 54.5 Å². The SMILES string of the molecule is O=C(c1cc(C2CC2)[nH]c(=O)c1)N1CC=C(c2ccc(O)cc2)CC1. The average molecular weight is 336 g/mol. The minimum absolute atomic E-state index is 0.0889. The van der Waals surface area contributed by atoms with Crippen molar-refractivity contribution in [2.75, 3.05) is 13.1 Å². The molecule has 1 aliphatic heterocycles. The van der Waals surface area contributed by atoms with Crippen LogP contribution in [0.2, 0.25) is 0 Å². The summed E-state index contributed by atoms with van der Waals surface area (Å²) in [5, 5.41) is 9.38. The van der Waals surface area contributed by atoms with Gasteiger partial charge in [-0.1, -0.05) is 18.2 Å². The van der Waals surface area contributed by atoms with Gasteiger partial charge in [0.2, 0.25) is 5.56 Å². The maximum absolute atomic E-state index is 12.7. The van der Waals surface area contributed by atoms with Crippen molar-refractivity contribution in [3.05, 3.63) is 69.6 Å². The van der Waals surface area contributed by atoms with Gasteiger partial charge in [0.25, 0.3) is 5.91 Å². The molecule has 2 aromatic rings. The van der Waals surface area contributed by atoms with Crippen LogP contribution in [0.4, 0.5) is 0 Å². The summed E-state index contributed by atoms with van der Waals surface area (Å²) >= 11 is 0. The van der Waals surface area contributed by atoms with E-state index in [-0.39, 0.29) is 17.2 Å². The van der Waals surface area contributed by atoms with E-state index in [9.17, 15) is 14.7 Å². The van der Waals surface area contributed by atoms with Crippen molar-refractivity contribution in [1.29, 1.82) is 0 Å². The Kier molecular flexibility index (Phi) is 3.92. The van der Waals surface area contributed by atoms with E-state index in [1.807, 2.05) is 24.3 Å². The Morgan fingerprint density at radius 2 is 1.92 bits per heavy atom. The van der Waals surface area contributed by atoms with Crippen LogP contribution < -0.4 is 5.56 Å². The first-order valence-corrected chi connectivity index (χ1v) is 8.62. The third kappa shape index (κ3) is 3.36. The first kappa shape index (κ1) is 15.7. The highest BCUT2D eigenvalue weighted by molar-refractivity contribution is 5.94. The van der Waals surface area contributed by atoms with E-state index in [0.717, 1.165) is 30.5 Å². The number of aromatic amines is 1. The Balaban J connectivity index is 1.51. The molecule has 1 aromatic heterocycles. The van der Waals surface area contributed by atoms with Gasteiger partial charge in [0.05, 0.1) is 0 Å². The van der Waals surface area contributed by atoms with Crippen LogP contribution >= 0.6 is 0 Å². The molecule has 0 spiro atoms.